The Morgan fingerprint density at radius 3 is 2.76 bits per heavy atom. The Labute approximate surface area is 105 Å². The summed E-state index contributed by atoms with van der Waals surface area (Å²) in [6, 6.07) is 4.89. The van der Waals surface area contributed by atoms with Gasteiger partial charge in [0.1, 0.15) is 12.6 Å². The highest BCUT2D eigenvalue weighted by molar-refractivity contribution is 6.34. The largest absolute Gasteiger partial charge is 0.343 e. The summed E-state index contributed by atoms with van der Waals surface area (Å²) in [4.78, 5) is 25.0. The van der Waals surface area contributed by atoms with Crippen LogP contribution in [0.25, 0.3) is 0 Å². The van der Waals surface area contributed by atoms with Crippen molar-refractivity contribution < 1.29 is 9.59 Å². The van der Waals surface area contributed by atoms with Gasteiger partial charge in [-0.2, -0.15) is 0 Å². The molecule has 17 heavy (non-hydrogen) atoms. The molecule has 0 aliphatic carbocycles. The van der Waals surface area contributed by atoms with E-state index in [-0.39, 0.29) is 18.4 Å². The van der Waals surface area contributed by atoms with Gasteiger partial charge in [-0.15, -0.1) is 0 Å². The fraction of sp³-hybridized carbons (Fsp3) is 0.333. The minimum Gasteiger partial charge on any atom is -0.343 e. The molecule has 0 aromatic heterocycles. The fourth-order valence-corrected chi connectivity index (χ4v) is 2.28. The molecule has 1 aliphatic heterocycles. The number of rotatable bonds is 1. The molecule has 4 nitrogen and oxygen atoms in total. The third-order valence-corrected chi connectivity index (χ3v) is 3.08. The molecule has 1 N–H and O–H groups in total. The molecule has 0 bridgehead atoms. The number of benzene rings is 1. The predicted molar refractivity (Wildman–Crippen MR) is 66.1 cm³/mol. The molecule has 1 aromatic rings. The molecular weight excluding hydrogens is 240 g/mol. The van der Waals surface area contributed by atoms with Crippen molar-refractivity contribution in [3.05, 3.63) is 28.8 Å². The number of aryl methyl sites for hydroxylation is 1. The van der Waals surface area contributed by atoms with E-state index in [0.29, 0.717) is 10.7 Å². The minimum atomic E-state index is -0.507. The van der Waals surface area contributed by atoms with Crippen LogP contribution in [0.2, 0.25) is 5.02 Å². The van der Waals surface area contributed by atoms with Crippen molar-refractivity contribution in [3.8, 4) is 0 Å². The van der Waals surface area contributed by atoms with Crippen LogP contribution in [0.3, 0.4) is 0 Å². The van der Waals surface area contributed by atoms with Gasteiger partial charge >= 0.3 is 0 Å². The van der Waals surface area contributed by atoms with Crippen molar-refractivity contribution in [1.82, 2.24) is 5.32 Å². The third-order valence-electron chi connectivity index (χ3n) is 2.77. The maximum atomic E-state index is 12.0. The highest BCUT2D eigenvalue weighted by Crippen LogP contribution is 2.30. The van der Waals surface area contributed by atoms with Gasteiger partial charge in [0, 0.05) is 0 Å². The van der Waals surface area contributed by atoms with E-state index in [0.717, 1.165) is 5.56 Å². The monoisotopic (exact) mass is 252 g/mol. The second-order valence-electron chi connectivity index (χ2n) is 4.12. The number of carbonyl (C=O) groups is 2. The van der Waals surface area contributed by atoms with Crippen LogP contribution in [0.5, 0.6) is 0 Å². The van der Waals surface area contributed by atoms with E-state index in [9.17, 15) is 9.59 Å². The topological polar surface area (TPSA) is 49.4 Å². The molecule has 0 saturated carbocycles. The molecule has 5 heteroatoms. The van der Waals surface area contributed by atoms with Gasteiger partial charge in [0.15, 0.2) is 0 Å². The zero-order valence-electron chi connectivity index (χ0n) is 9.66. The van der Waals surface area contributed by atoms with Gasteiger partial charge in [0.05, 0.1) is 10.7 Å². The van der Waals surface area contributed by atoms with Crippen LogP contribution in [0, 0.1) is 6.92 Å². The SMILES string of the molecule is Cc1cccc(Cl)c1N1CC(=O)NC(C)C1=O. The first kappa shape index (κ1) is 11.9. The van der Waals surface area contributed by atoms with Crippen molar-refractivity contribution in [1.29, 1.82) is 0 Å². The molecule has 90 valence electrons. The Balaban J connectivity index is 2.45. The molecule has 1 unspecified atom stereocenters. The van der Waals surface area contributed by atoms with Crippen molar-refractivity contribution in [2.24, 2.45) is 0 Å². The number of nitrogens with one attached hydrogen (secondary N) is 1. The molecule has 1 saturated heterocycles. The number of amides is 2. The van der Waals surface area contributed by atoms with Crippen molar-refractivity contribution in [2.45, 2.75) is 19.9 Å². The molecule has 1 heterocycles. The molecule has 1 aliphatic rings. The normalized spacial score (nSPS) is 20.4. The van der Waals surface area contributed by atoms with E-state index in [1.165, 1.54) is 4.90 Å². The van der Waals surface area contributed by atoms with E-state index in [1.54, 1.807) is 13.0 Å². The van der Waals surface area contributed by atoms with E-state index in [1.807, 2.05) is 19.1 Å². The summed E-state index contributed by atoms with van der Waals surface area (Å²) in [6.45, 7) is 3.55. The minimum absolute atomic E-state index is 0.0216. The maximum absolute atomic E-state index is 12.0. The number of nitrogens with zero attached hydrogens (tertiary/aromatic N) is 1. The van der Waals surface area contributed by atoms with Gasteiger partial charge in [-0.25, -0.2) is 0 Å². The lowest BCUT2D eigenvalue weighted by molar-refractivity contribution is -0.130. The zero-order chi connectivity index (χ0) is 12.6. The Bertz CT molecular complexity index is 467. The van der Waals surface area contributed by atoms with Crippen LogP contribution >= 0.6 is 11.6 Å². The molecule has 0 radical (unpaired) electrons. The molecular formula is C12H13ClN2O2. The number of hydrogen-bond donors (Lipinski definition) is 1. The maximum Gasteiger partial charge on any atom is 0.249 e. The first-order valence-corrected chi connectivity index (χ1v) is 5.74. The first-order valence-electron chi connectivity index (χ1n) is 5.36. The summed E-state index contributed by atoms with van der Waals surface area (Å²) in [7, 11) is 0. The average Bonchev–Trinajstić information content (AvgIpc) is 2.24. The quantitative estimate of drug-likeness (QED) is 0.824. The fourth-order valence-electron chi connectivity index (χ4n) is 1.96. The van der Waals surface area contributed by atoms with Crippen LogP contribution in [0.15, 0.2) is 18.2 Å². The second kappa shape index (κ2) is 4.37. The van der Waals surface area contributed by atoms with E-state index in [4.69, 9.17) is 11.6 Å². The zero-order valence-corrected chi connectivity index (χ0v) is 10.4. The van der Waals surface area contributed by atoms with Crippen LogP contribution in [-0.2, 0) is 9.59 Å². The number of anilines is 1. The van der Waals surface area contributed by atoms with Gasteiger partial charge in [-0.05, 0) is 25.5 Å². The summed E-state index contributed by atoms with van der Waals surface area (Å²) in [6.07, 6.45) is 0. The first-order chi connectivity index (χ1) is 8.00. The molecule has 2 amide bonds. The van der Waals surface area contributed by atoms with Crippen molar-refractivity contribution in [3.63, 3.8) is 0 Å². The number of halogens is 1. The van der Waals surface area contributed by atoms with Crippen LogP contribution in [-0.4, -0.2) is 24.4 Å². The van der Waals surface area contributed by atoms with E-state index >= 15 is 0 Å². The average molecular weight is 253 g/mol. The van der Waals surface area contributed by atoms with Crippen LogP contribution in [0.1, 0.15) is 12.5 Å². The smallest absolute Gasteiger partial charge is 0.249 e. The number of hydrogen-bond acceptors (Lipinski definition) is 2. The van der Waals surface area contributed by atoms with E-state index < -0.39 is 6.04 Å². The van der Waals surface area contributed by atoms with Crippen molar-refractivity contribution >= 4 is 29.1 Å². The Morgan fingerprint density at radius 2 is 2.12 bits per heavy atom. The summed E-state index contributed by atoms with van der Waals surface area (Å²) >= 11 is 6.10. The summed E-state index contributed by atoms with van der Waals surface area (Å²) in [5.74, 6) is -0.308. The molecule has 1 aromatic carbocycles. The molecule has 1 atom stereocenters. The van der Waals surface area contributed by atoms with Crippen LogP contribution in [0.4, 0.5) is 5.69 Å². The molecule has 1 fully saturated rings. The Hall–Kier alpha value is -1.55. The lowest BCUT2D eigenvalue weighted by atomic mass is 10.1. The van der Waals surface area contributed by atoms with Gasteiger partial charge in [-0.3, -0.25) is 14.5 Å². The Morgan fingerprint density at radius 1 is 1.41 bits per heavy atom. The second-order valence-corrected chi connectivity index (χ2v) is 4.53. The van der Waals surface area contributed by atoms with Crippen LogP contribution < -0.4 is 10.2 Å². The highest BCUT2D eigenvalue weighted by Gasteiger charge is 2.32. The van der Waals surface area contributed by atoms with Gasteiger partial charge < -0.3 is 5.32 Å². The van der Waals surface area contributed by atoms with Gasteiger partial charge in [0.2, 0.25) is 11.8 Å². The summed E-state index contributed by atoms with van der Waals surface area (Å²) < 4.78 is 0. The standard InChI is InChI=1S/C12H13ClN2O2/c1-7-4-3-5-9(13)11(7)15-6-10(16)14-8(2)12(15)17/h3-5,8H,6H2,1-2H3,(H,14,16). The summed E-state index contributed by atoms with van der Waals surface area (Å²) in [5.41, 5.74) is 1.51. The predicted octanol–water partition coefficient (Wildman–Crippen LogP) is 1.50. The molecule has 0 spiro atoms. The molecule has 2 rings (SSSR count). The lowest BCUT2D eigenvalue weighted by Gasteiger charge is -2.32. The Kier molecular flexibility index (Phi) is 3.07. The van der Waals surface area contributed by atoms with Gasteiger partial charge in [0.25, 0.3) is 0 Å². The number of piperazine rings is 1. The lowest BCUT2D eigenvalue weighted by Crippen LogP contribution is -2.57. The van der Waals surface area contributed by atoms with Gasteiger partial charge in [-0.1, -0.05) is 23.7 Å². The number of carbonyl (C=O) groups excluding carboxylic acids is 2. The highest BCUT2D eigenvalue weighted by atomic mass is 35.5. The van der Waals surface area contributed by atoms with E-state index in [2.05, 4.69) is 5.32 Å². The third kappa shape index (κ3) is 2.13. The summed E-state index contributed by atoms with van der Waals surface area (Å²) in [5, 5.41) is 3.08. The van der Waals surface area contributed by atoms with Crippen molar-refractivity contribution in [2.75, 3.05) is 11.4 Å². The number of para-hydroxylation sites is 1.